The van der Waals surface area contributed by atoms with Crippen LogP contribution in [-0.4, -0.2) is 18.8 Å². The minimum Gasteiger partial charge on any atom is -0.365 e. The fraction of sp³-hybridized carbons (Fsp3) is 0.182. The van der Waals surface area contributed by atoms with Crippen molar-refractivity contribution in [1.82, 2.24) is 4.98 Å². The Morgan fingerprint density at radius 2 is 2.13 bits per heavy atom. The molecule has 2 aromatic rings. The molecule has 0 aliphatic rings. The van der Waals surface area contributed by atoms with Crippen LogP contribution in [0.4, 0.5) is 5.13 Å². The highest BCUT2D eigenvalue weighted by molar-refractivity contribution is 7.14. The molecule has 15 heavy (non-hydrogen) atoms. The molecule has 0 saturated heterocycles. The summed E-state index contributed by atoms with van der Waals surface area (Å²) in [5.74, 6) is 0. The van der Waals surface area contributed by atoms with Crippen LogP contribution in [-0.2, 0) is 4.74 Å². The first-order valence-corrected chi connectivity index (χ1v) is 5.52. The monoisotopic (exact) mass is 220 g/mol. The third kappa shape index (κ3) is 2.55. The molecule has 0 aliphatic heterocycles. The average Bonchev–Trinajstić information content (AvgIpc) is 2.76. The summed E-state index contributed by atoms with van der Waals surface area (Å²) in [4.78, 5) is 4.45. The maximum absolute atomic E-state index is 4.92. The molecule has 0 aliphatic carbocycles. The molecule has 0 bridgehead atoms. The summed E-state index contributed by atoms with van der Waals surface area (Å²) in [7, 11) is 1.65. The second kappa shape index (κ2) is 4.91. The normalized spacial score (nSPS) is 10.2. The molecule has 0 unspecified atom stereocenters. The number of benzene rings is 1. The van der Waals surface area contributed by atoms with Crippen LogP contribution in [0.2, 0.25) is 0 Å². The first-order chi connectivity index (χ1) is 7.40. The van der Waals surface area contributed by atoms with Gasteiger partial charge in [0.25, 0.3) is 0 Å². The molecule has 0 fully saturated rings. The summed E-state index contributed by atoms with van der Waals surface area (Å²) in [6.07, 6.45) is 0. The van der Waals surface area contributed by atoms with Crippen molar-refractivity contribution in [1.29, 1.82) is 0 Å². The Bertz CT molecular complexity index is 414. The van der Waals surface area contributed by atoms with Crippen molar-refractivity contribution in [2.24, 2.45) is 0 Å². The molecule has 0 amide bonds. The van der Waals surface area contributed by atoms with Crippen LogP contribution >= 0.6 is 11.3 Å². The molecule has 78 valence electrons. The average molecular weight is 220 g/mol. The van der Waals surface area contributed by atoms with Gasteiger partial charge in [0.15, 0.2) is 5.13 Å². The summed E-state index contributed by atoms with van der Waals surface area (Å²) in [5, 5.41) is 5.99. The van der Waals surface area contributed by atoms with Gasteiger partial charge in [0, 0.05) is 18.1 Å². The predicted molar refractivity (Wildman–Crippen MR) is 63.0 cm³/mol. The molecular weight excluding hydrogens is 208 g/mol. The summed E-state index contributed by atoms with van der Waals surface area (Å²) in [6, 6.07) is 10.1. The van der Waals surface area contributed by atoms with Crippen LogP contribution in [0.5, 0.6) is 0 Å². The van der Waals surface area contributed by atoms with E-state index >= 15 is 0 Å². The Labute approximate surface area is 92.7 Å². The summed E-state index contributed by atoms with van der Waals surface area (Å²) in [6.45, 7) is 0.488. The lowest BCUT2D eigenvalue weighted by Gasteiger charge is -1.98. The van der Waals surface area contributed by atoms with Gasteiger partial charge in [-0.2, -0.15) is 0 Å². The zero-order valence-corrected chi connectivity index (χ0v) is 9.25. The number of nitrogens with one attached hydrogen (secondary N) is 1. The van der Waals surface area contributed by atoms with Crippen LogP contribution < -0.4 is 5.32 Å². The number of aromatic nitrogens is 1. The standard InChI is InChI=1S/C11H12N2OS/c1-14-8-12-11-13-10(7-15-11)9-5-3-2-4-6-9/h2-7H,8H2,1H3,(H,12,13). The van der Waals surface area contributed by atoms with Gasteiger partial charge in [-0.05, 0) is 0 Å². The van der Waals surface area contributed by atoms with Crippen LogP contribution in [0.15, 0.2) is 35.7 Å². The minimum absolute atomic E-state index is 0.488. The Morgan fingerprint density at radius 1 is 1.33 bits per heavy atom. The van der Waals surface area contributed by atoms with Crippen LogP contribution in [0.1, 0.15) is 0 Å². The summed E-state index contributed by atoms with van der Waals surface area (Å²) in [5.41, 5.74) is 2.14. The van der Waals surface area contributed by atoms with Crippen LogP contribution in [0, 0.1) is 0 Å². The molecule has 3 nitrogen and oxygen atoms in total. The van der Waals surface area contributed by atoms with Crippen molar-refractivity contribution in [3.8, 4) is 11.3 Å². The summed E-state index contributed by atoms with van der Waals surface area (Å²) >= 11 is 1.58. The van der Waals surface area contributed by atoms with E-state index in [2.05, 4.69) is 22.4 Å². The van der Waals surface area contributed by atoms with E-state index in [9.17, 15) is 0 Å². The molecule has 0 saturated carbocycles. The quantitative estimate of drug-likeness (QED) is 0.804. The lowest BCUT2D eigenvalue weighted by Crippen LogP contribution is -2.02. The highest BCUT2D eigenvalue weighted by Gasteiger charge is 2.02. The lowest BCUT2D eigenvalue weighted by molar-refractivity contribution is 0.221. The van der Waals surface area contributed by atoms with Gasteiger partial charge >= 0.3 is 0 Å². The van der Waals surface area contributed by atoms with Gasteiger partial charge in [0.05, 0.1) is 5.69 Å². The largest absolute Gasteiger partial charge is 0.365 e. The maximum atomic E-state index is 4.92. The maximum Gasteiger partial charge on any atom is 0.185 e. The van der Waals surface area contributed by atoms with E-state index in [-0.39, 0.29) is 0 Å². The number of ether oxygens (including phenoxy) is 1. The van der Waals surface area contributed by atoms with Crippen LogP contribution in [0.25, 0.3) is 11.3 Å². The van der Waals surface area contributed by atoms with Gasteiger partial charge in [-0.25, -0.2) is 4.98 Å². The second-order valence-electron chi connectivity index (χ2n) is 3.01. The van der Waals surface area contributed by atoms with E-state index in [1.165, 1.54) is 0 Å². The van der Waals surface area contributed by atoms with Crippen molar-refractivity contribution in [3.05, 3.63) is 35.7 Å². The Kier molecular flexibility index (Phi) is 3.32. The van der Waals surface area contributed by atoms with Gasteiger partial charge < -0.3 is 10.1 Å². The number of rotatable bonds is 4. The van der Waals surface area contributed by atoms with Gasteiger partial charge in [-0.15, -0.1) is 11.3 Å². The Hall–Kier alpha value is -1.39. The van der Waals surface area contributed by atoms with Gasteiger partial charge in [-0.3, -0.25) is 0 Å². The van der Waals surface area contributed by atoms with Crippen molar-refractivity contribution in [3.63, 3.8) is 0 Å². The molecule has 0 radical (unpaired) electrons. The van der Waals surface area contributed by atoms with E-state index in [1.807, 2.05) is 23.6 Å². The predicted octanol–water partition coefficient (Wildman–Crippen LogP) is 2.83. The van der Waals surface area contributed by atoms with E-state index in [4.69, 9.17) is 4.74 Å². The van der Waals surface area contributed by atoms with Gasteiger partial charge in [0.1, 0.15) is 6.73 Å². The molecule has 1 N–H and O–H groups in total. The Balaban J connectivity index is 2.14. The highest BCUT2D eigenvalue weighted by Crippen LogP contribution is 2.24. The summed E-state index contributed by atoms with van der Waals surface area (Å²) < 4.78 is 4.92. The van der Waals surface area contributed by atoms with Gasteiger partial charge in [-0.1, -0.05) is 30.3 Å². The van der Waals surface area contributed by atoms with E-state index in [0.717, 1.165) is 16.4 Å². The molecule has 4 heteroatoms. The molecule has 0 spiro atoms. The molecule has 0 atom stereocenters. The molecule has 1 aromatic carbocycles. The molecule has 1 aromatic heterocycles. The van der Waals surface area contributed by atoms with Crippen molar-refractivity contribution < 1.29 is 4.74 Å². The number of anilines is 1. The Morgan fingerprint density at radius 3 is 2.87 bits per heavy atom. The SMILES string of the molecule is COCNc1nc(-c2ccccc2)cs1. The zero-order chi connectivity index (χ0) is 10.5. The minimum atomic E-state index is 0.488. The fourth-order valence-corrected chi connectivity index (χ4v) is 1.94. The fourth-order valence-electron chi connectivity index (χ4n) is 1.23. The number of nitrogens with zero attached hydrogens (tertiary/aromatic N) is 1. The van der Waals surface area contributed by atoms with Gasteiger partial charge in [0.2, 0.25) is 0 Å². The highest BCUT2D eigenvalue weighted by atomic mass is 32.1. The van der Waals surface area contributed by atoms with Crippen LogP contribution in [0.3, 0.4) is 0 Å². The lowest BCUT2D eigenvalue weighted by atomic mass is 10.2. The first-order valence-electron chi connectivity index (χ1n) is 4.64. The number of thiazole rings is 1. The second-order valence-corrected chi connectivity index (χ2v) is 3.87. The smallest absolute Gasteiger partial charge is 0.185 e. The topological polar surface area (TPSA) is 34.1 Å². The third-order valence-electron chi connectivity index (χ3n) is 1.94. The number of hydrogen-bond acceptors (Lipinski definition) is 4. The number of methoxy groups -OCH3 is 1. The third-order valence-corrected chi connectivity index (χ3v) is 2.74. The van der Waals surface area contributed by atoms with E-state index in [1.54, 1.807) is 18.4 Å². The van der Waals surface area contributed by atoms with Crippen molar-refractivity contribution >= 4 is 16.5 Å². The first kappa shape index (κ1) is 10.1. The molecule has 1 heterocycles. The number of hydrogen-bond donors (Lipinski definition) is 1. The van der Waals surface area contributed by atoms with Crippen molar-refractivity contribution in [2.75, 3.05) is 19.2 Å². The van der Waals surface area contributed by atoms with E-state index in [0.29, 0.717) is 6.73 Å². The molecular formula is C11H12N2OS. The molecule has 2 rings (SSSR count). The zero-order valence-electron chi connectivity index (χ0n) is 8.43. The van der Waals surface area contributed by atoms with E-state index < -0.39 is 0 Å². The van der Waals surface area contributed by atoms with Crippen molar-refractivity contribution in [2.45, 2.75) is 0 Å².